The average molecular weight is 396 g/mol. The molecule has 0 aliphatic heterocycles. The molecule has 3 N–H and O–H groups in total. The third-order valence-corrected chi connectivity index (χ3v) is 5.57. The minimum Gasteiger partial charge on any atom is -0.360 e. The molecule has 0 bridgehead atoms. The first kappa shape index (κ1) is 18.8. The van der Waals surface area contributed by atoms with Crippen molar-refractivity contribution in [1.29, 1.82) is 5.26 Å². The molecule has 0 aliphatic carbocycles. The van der Waals surface area contributed by atoms with Crippen LogP contribution in [0.3, 0.4) is 0 Å². The first-order chi connectivity index (χ1) is 12.9. The van der Waals surface area contributed by atoms with Crippen LogP contribution in [-0.2, 0) is 10.0 Å². The van der Waals surface area contributed by atoms with Crippen LogP contribution in [0.2, 0.25) is 0 Å². The third-order valence-electron chi connectivity index (χ3n) is 3.77. The zero-order valence-electron chi connectivity index (χ0n) is 14.4. The minimum absolute atomic E-state index is 0.0280. The topological polar surface area (TPSA) is 109 Å². The number of aryl methyl sites for hydroxylation is 1. The standard InChI is InChI=1S/C19H16N4O2S2/c1-13-2-4-14(5-3-13)18-12-26-19(23-18)15(10-20)11-22-16-6-8-17(9-7-16)27(21,24)25/h2-9,11-12,22H,1H3,(H2,21,24,25). The molecule has 3 aromatic rings. The second-order valence-corrected chi connectivity index (χ2v) is 8.21. The summed E-state index contributed by atoms with van der Waals surface area (Å²) in [7, 11) is -3.73. The van der Waals surface area contributed by atoms with Gasteiger partial charge in [0.1, 0.15) is 16.6 Å². The van der Waals surface area contributed by atoms with E-state index in [0.29, 0.717) is 16.3 Å². The van der Waals surface area contributed by atoms with E-state index in [1.54, 1.807) is 18.3 Å². The number of allylic oxidation sites excluding steroid dienone is 1. The Morgan fingerprint density at radius 3 is 2.44 bits per heavy atom. The molecule has 0 amide bonds. The summed E-state index contributed by atoms with van der Waals surface area (Å²) < 4.78 is 22.5. The molecule has 27 heavy (non-hydrogen) atoms. The van der Waals surface area contributed by atoms with E-state index in [0.717, 1.165) is 11.3 Å². The first-order valence-electron chi connectivity index (χ1n) is 7.89. The number of hydrogen-bond donors (Lipinski definition) is 2. The van der Waals surface area contributed by atoms with Crippen LogP contribution in [0.1, 0.15) is 10.6 Å². The SMILES string of the molecule is Cc1ccc(-c2csc(C(C#N)=CNc3ccc(S(N)(=O)=O)cc3)n2)cc1. The summed E-state index contributed by atoms with van der Waals surface area (Å²) in [6, 6.07) is 16.1. The number of benzene rings is 2. The summed E-state index contributed by atoms with van der Waals surface area (Å²) in [4.78, 5) is 4.56. The van der Waals surface area contributed by atoms with Crippen LogP contribution in [0.4, 0.5) is 5.69 Å². The zero-order valence-corrected chi connectivity index (χ0v) is 16.0. The number of nitrogens with zero attached hydrogens (tertiary/aromatic N) is 2. The van der Waals surface area contributed by atoms with Gasteiger partial charge in [0.2, 0.25) is 10.0 Å². The summed E-state index contributed by atoms with van der Waals surface area (Å²) in [5, 5.41) is 20.0. The predicted octanol–water partition coefficient (Wildman–Crippen LogP) is 3.74. The van der Waals surface area contributed by atoms with E-state index in [4.69, 9.17) is 5.14 Å². The molecule has 0 spiro atoms. The molecule has 0 atom stereocenters. The van der Waals surface area contributed by atoms with Gasteiger partial charge in [-0.1, -0.05) is 29.8 Å². The summed E-state index contributed by atoms with van der Waals surface area (Å²) in [6.07, 6.45) is 1.55. The number of thiazole rings is 1. The normalized spacial score (nSPS) is 11.8. The second-order valence-electron chi connectivity index (χ2n) is 5.79. The predicted molar refractivity (Wildman–Crippen MR) is 107 cm³/mol. The van der Waals surface area contributed by atoms with Crippen LogP contribution in [0.15, 0.2) is 65.0 Å². The second kappa shape index (κ2) is 7.72. The Balaban J connectivity index is 1.79. The van der Waals surface area contributed by atoms with Gasteiger partial charge in [0, 0.05) is 22.8 Å². The van der Waals surface area contributed by atoms with Gasteiger partial charge in [-0.05, 0) is 31.2 Å². The molecule has 0 saturated heterocycles. The van der Waals surface area contributed by atoms with Crippen molar-refractivity contribution in [3.8, 4) is 17.3 Å². The Labute approximate surface area is 161 Å². The molecule has 0 radical (unpaired) electrons. The molecule has 0 unspecified atom stereocenters. The molecular weight excluding hydrogens is 380 g/mol. The lowest BCUT2D eigenvalue weighted by molar-refractivity contribution is 0.598. The van der Waals surface area contributed by atoms with E-state index >= 15 is 0 Å². The molecule has 0 saturated carbocycles. The van der Waals surface area contributed by atoms with E-state index < -0.39 is 10.0 Å². The van der Waals surface area contributed by atoms with Crippen molar-refractivity contribution in [2.24, 2.45) is 5.14 Å². The Kier molecular flexibility index (Phi) is 5.37. The number of rotatable bonds is 5. The van der Waals surface area contributed by atoms with E-state index in [1.807, 2.05) is 36.6 Å². The van der Waals surface area contributed by atoms with Crippen LogP contribution in [0.5, 0.6) is 0 Å². The van der Waals surface area contributed by atoms with Crippen LogP contribution in [0.25, 0.3) is 16.8 Å². The van der Waals surface area contributed by atoms with E-state index in [9.17, 15) is 13.7 Å². The van der Waals surface area contributed by atoms with Crippen molar-refractivity contribution in [3.63, 3.8) is 0 Å². The lowest BCUT2D eigenvalue weighted by Crippen LogP contribution is -2.11. The number of primary sulfonamides is 1. The number of sulfonamides is 1. The number of nitriles is 1. The van der Waals surface area contributed by atoms with E-state index in [1.165, 1.54) is 29.0 Å². The number of nitrogens with two attached hydrogens (primary N) is 1. The van der Waals surface area contributed by atoms with Gasteiger partial charge < -0.3 is 5.32 Å². The largest absolute Gasteiger partial charge is 0.360 e. The van der Waals surface area contributed by atoms with Gasteiger partial charge >= 0.3 is 0 Å². The smallest absolute Gasteiger partial charge is 0.238 e. The highest BCUT2D eigenvalue weighted by Gasteiger charge is 2.10. The van der Waals surface area contributed by atoms with Gasteiger partial charge in [0.25, 0.3) is 0 Å². The molecule has 1 heterocycles. The zero-order chi connectivity index (χ0) is 19.4. The van der Waals surface area contributed by atoms with Crippen molar-refractivity contribution in [2.75, 3.05) is 5.32 Å². The molecule has 2 aromatic carbocycles. The van der Waals surface area contributed by atoms with Gasteiger partial charge in [-0.25, -0.2) is 18.5 Å². The van der Waals surface area contributed by atoms with Gasteiger partial charge in [-0.3, -0.25) is 0 Å². The number of nitrogens with one attached hydrogen (secondary N) is 1. The van der Waals surface area contributed by atoms with Gasteiger partial charge in [-0.2, -0.15) is 5.26 Å². The van der Waals surface area contributed by atoms with Crippen molar-refractivity contribution in [2.45, 2.75) is 11.8 Å². The number of anilines is 1. The lowest BCUT2D eigenvalue weighted by atomic mass is 10.1. The fraction of sp³-hybridized carbons (Fsp3) is 0.0526. The Bertz CT molecular complexity index is 1120. The number of hydrogen-bond acceptors (Lipinski definition) is 6. The fourth-order valence-electron chi connectivity index (χ4n) is 2.29. The maximum absolute atomic E-state index is 11.3. The Hall–Kier alpha value is -2.99. The van der Waals surface area contributed by atoms with Crippen LogP contribution < -0.4 is 10.5 Å². The fourth-order valence-corrected chi connectivity index (χ4v) is 3.60. The molecular formula is C19H16N4O2S2. The Morgan fingerprint density at radius 1 is 1.19 bits per heavy atom. The molecule has 8 heteroatoms. The van der Waals surface area contributed by atoms with Gasteiger partial charge in [-0.15, -0.1) is 11.3 Å². The highest BCUT2D eigenvalue weighted by Crippen LogP contribution is 2.26. The molecule has 3 rings (SSSR count). The highest BCUT2D eigenvalue weighted by molar-refractivity contribution is 7.89. The highest BCUT2D eigenvalue weighted by atomic mass is 32.2. The maximum Gasteiger partial charge on any atom is 0.238 e. The van der Waals surface area contributed by atoms with E-state index in [2.05, 4.69) is 16.4 Å². The quantitative estimate of drug-likeness (QED) is 0.639. The summed E-state index contributed by atoms with van der Waals surface area (Å²) in [5.74, 6) is 0. The van der Waals surface area contributed by atoms with Crippen LogP contribution >= 0.6 is 11.3 Å². The van der Waals surface area contributed by atoms with Crippen molar-refractivity contribution >= 4 is 32.6 Å². The summed E-state index contributed by atoms with van der Waals surface area (Å²) >= 11 is 1.38. The third kappa shape index (κ3) is 4.60. The van der Waals surface area contributed by atoms with Gasteiger partial charge in [0.15, 0.2) is 0 Å². The monoisotopic (exact) mass is 396 g/mol. The maximum atomic E-state index is 11.3. The molecule has 0 fully saturated rings. The van der Waals surface area contributed by atoms with Gasteiger partial charge in [0.05, 0.1) is 10.6 Å². The van der Waals surface area contributed by atoms with Crippen LogP contribution in [0, 0.1) is 18.3 Å². The average Bonchev–Trinajstić information content (AvgIpc) is 3.12. The van der Waals surface area contributed by atoms with Crippen molar-refractivity contribution < 1.29 is 8.42 Å². The lowest BCUT2D eigenvalue weighted by Gasteiger charge is -2.03. The van der Waals surface area contributed by atoms with E-state index in [-0.39, 0.29) is 4.90 Å². The van der Waals surface area contributed by atoms with Crippen molar-refractivity contribution in [3.05, 3.63) is 70.7 Å². The molecule has 6 nitrogen and oxygen atoms in total. The molecule has 1 aromatic heterocycles. The minimum atomic E-state index is -3.73. The van der Waals surface area contributed by atoms with Crippen LogP contribution in [-0.4, -0.2) is 13.4 Å². The molecule has 0 aliphatic rings. The summed E-state index contributed by atoms with van der Waals surface area (Å²) in [5.41, 5.74) is 3.99. The summed E-state index contributed by atoms with van der Waals surface area (Å²) in [6.45, 7) is 2.02. The number of aromatic nitrogens is 1. The van der Waals surface area contributed by atoms with Crippen molar-refractivity contribution in [1.82, 2.24) is 4.98 Å². The first-order valence-corrected chi connectivity index (χ1v) is 10.3. The Morgan fingerprint density at radius 2 is 1.85 bits per heavy atom. The molecule has 136 valence electrons.